The first kappa shape index (κ1) is 11.5. The molecule has 0 saturated heterocycles. The van der Waals surface area contributed by atoms with E-state index in [0.29, 0.717) is 16.8 Å². The lowest BCUT2D eigenvalue weighted by Crippen LogP contribution is -2.37. The zero-order chi connectivity index (χ0) is 12.7. The maximum atomic E-state index is 11.9. The summed E-state index contributed by atoms with van der Waals surface area (Å²) in [4.78, 5) is 11.9. The van der Waals surface area contributed by atoms with Gasteiger partial charge < -0.3 is 11.1 Å². The van der Waals surface area contributed by atoms with E-state index >= 15 is 0 Å². The van der Waals surface area contributed by atoms with Gasteiger partial charge in [0.05, 0.1) is 11.6 Å². The van der Waals surface area contributed by atoms with Crippen molar-refractivity contribution in [3.05, 3.63) is 23.2 Å². The molecule has 4 N–H and O–H groups in total. The van der Waals surface area contributed by atoms with Crippen LogP contribution in [0, 0.1) is 5.92 Å². The molecular weight excluding hydrogens is 252 g/mol. The molecule has 5 nitrogen and oxygen atoms in total. The van der Waals surface area contributed by atoms with E-state index in [-0.39, 0.29) is 5.91 Å². The van der Waals surface area contributed by atoms with Gasteiger partial charge in [0, 0.05) is 10.4 Å². The first-order chi connectivity index (χ1) is 8.65. The minimum Gasteiger partial charge on any atom is -0.320 e. The second kappa shape index (κ2) is 4.26. The van der Waals surface area contributed by atoms with E-state index in [1.807, 2.05) is 6.07 Å². The third kappa shape index (κ3) is 2.07. The van der Waals surface area contributed by atoms with E-state index < -0.39 is 6.04 Å². The molecule has 1 aromatic heterocycles. The Bertz CT molecular complexity index is 605. The topological polar surface area (TPSA) is 83.8 Å². The van der Waals surface area contributed by atoms with Crippen LogP contribution in [0.2, 0.25) is 5.02 Å². The molecule has 1 atom stereocenters. The fourth-order valence-corrected chi connectivity index (χ4v) is 2.13. The molecule has 1 unspecified atom stereocenters. The van der Waals surface area contributed by atoms with Gasteiger partial charge in [-0.25, -0.2) is 0 Å². The van der Waals surface area contributed by atoms with E-state index in [9.17, 15) is 4.79 Å². The molecule has 1 amide bonds. The number of hydrogen-bond donors (Lipinski definition) is 3. The van der Waals surface area contributed by atoms with Crippen LogP contribution < -0.4 is 11.1 Å². The summed E-state index contributed by atoms with van der Waals surface area (Å²) in [5.74, 6) is 0.647. The molecule has 1 aliphatic rings. The molecule has 6 heteroatoms. The lowest BCUT2D eigenvalue weighted by atomic mass is 10.2. The molecule has 0 radical (unpaired) electrons. The van der Waals surface area contributed by atoms with Gasteiger partial charge in [-0.05, 0) is 37.0 Å². The van der Waals surface area contributed by atoms with Crippen molar-refractivity contribution < 1.29 is 4.79 Å². The second-order valence-electron chi connectivity index (χ2n) is 4.61. The van der Waals surface area contributed by atoms with Crippen LogP contribution in [0.15, 0.2) is 18.2 Å². The highest BCUT2D eigenvalue weighted by Crippen LogP contribution is 2.32. The summed E-state index contributed by atoms with van der Waals surface area (Å²) in [6.07, 6.45) is 2.07. The number of halogens is 1. The van der Waals surface area contributed by atoms with Gasteiger partial charge in [0.1, 0.15) is 0 Å². The fourth-order valence-electron chi connectivity index (χ4n) is 1.96. The van der Waals surface area contributed by atoms with E-state index in [1.165, 1.54) is 0 Å². The Morgan fingerprint density at radius 1 is 1.56 bits per heavy atom. The molecule has 1 aliphatic carbocycles. The highest BCUT2D eigenvalue weighted by atomic mass is 35.5. The molecule has 2 aromatic rings. The molecule has 94 valence electrons. The summed E-state index contributed by atoms with van der Waals surface area (Å²) >= 11 is 5.88. The third-order valence-electron chi connectivity index (χ3n) is 3.20. The molecule has 1 fully saturated rings. The van der Waals surface area contributed by atoms with Crippen LogP contribution in [-0.4, -0.2) is 22.1 Å². The average molecular weight is 265 g/mol. The minimum absolute atomic E-state index is 0.180. The highest BCUT2D eigenvalue weighted by molar-refractivity contribution is 6.31. The molecule has 1 heterocycles. The van der Waals surface area contributed by atoms with Gasteiger partial charge in [0.2, 0.25) is 5.91 Å². The summed E-state index contributed by atoms with van der Waals surface area (Å²) in [7, 11) is 0. The molecular formula is C12H13ClN4O. The number of amides is 1. The van der Waals surface area contributed by atoms with Crippen LogP contribution in [0.4, 0.5) is 5.82 Å². The minimum atomic E-state index is -0.441. The summed E-state index contributed by atoms with van der Waals surface area (Å²) in [6, 6.07) is 4.90. The van der Waals surface area contributed by atoms with Crippen molar-refractivity contribution in [2.45, 2.75) is 18.9 Å². The Hall–Kier alpha value is -1.59. The largest absolute Gasteiger partial charge is 0.320 e. The van der Waals surface area contributed by atoms with Gasteiger partial charge >= 0.3 is 0 Å². The van der Waals surface area contributed by atoms with Gasteiger partial charge in [0.25, 0.3) is 0 Å². The van der Waals surface area contributed by atoms with Crippen molar-refractivity contribution in [1.82, 2.24) is 10.2 Å². The van der Waals surface area contributed by atoms with Crippen LogP contribution in [0.3, 0.4) is 0 Å². The van der Waals surface area contributed by atoms with Gasteiger partial charge in [-0.2, -0.15) is 5.10 Å². The number of aromatic nitrogens is 2. The van der Waals surface area contributed by atoms with Crippen LogP contribution in [0.1, 0.15) is 12.8 Å². The number of H-pyrrole nitrogens is 1. The van der Waals surface area contributed by atoms with Crippen molar-refractivity contribution in [1.29, 1.82) is 0 Å². The number of nitrogens with two attached hydrogens (primary N) is 1. The van der Waals surface area contributed by atoms with Crippen molar-refractivity contribution in [2.24, 2.45) is 11.7 Å². The number of carbonyl (C=O) groups excluding carboxylic acids is 1. The number of benzene rings is 1. The Morgan fingerprint density at radius 2 is 2.33 bits per heavy atom. The number of nitrogens with zero attached hydrogens (tertiary/aromatic N) is 1. The van der Waals surface area contributed by atoms with Gasteiger partial charge in [-0.3, -0.25) is 9.89 Å². The number of carbonyl (C=O) groups is 1. The standard InChI is InChI=1S/C12H13ClN4O/c13-7-3-4-8-9(5-7)16-17-11(8)15-12(18)10(14)6-1-2-6/h3-6,10H,1-2,14H2,(H2,15,16,17,18). The molecule has 0 spiro atoms. The summed E-state index contributed by atoms with van der Waals surface area (Å²) in [6.45, 7) is 0. The molecule has 0 bridgehead atoms. The van der Waals surface area contributed by atoms with Crippen molar-refractivity contribution in [3.8, 4) is 0 Å². The summed E-state index contributed by atoms with van der Waals surface area (Å²) in [5, 5.41) is 11.1. The SMILES string of the molecule is NC(C(=O)Nc1n[nH]c2cc(Cl)ccc12)C1CC1. The van der Waals surface area contributed by atoms with Gasteiger partial charge in [-0.15, -0.1) is 0 Å². The first-order valence-corrected chi connectivity index (χ1v) is 6.23. The fraction of sp³-hybridized carbons (Fsp3) is 0.333. The Kier molecular flexibility index (Phi) is 2.72. The Morgan fingerprint density at radius 3 is 3.06 bits per heavy atom. The zero-order valence-electron chi connectivity index (χ0n) is 9.61. The molecule has 3 rings (SSSR count). The maximum absolute atomic E-state index is 11.9. The van der Waals surface area contributed by atoms with Crippen LogP contribution in [-0.2, 0) is 4.79 Å². The van der Waals surface area contributed by atoms with Crippen LogP contribution in [0.5, 0.6) is 0 Å². The van der Waals surface area contributed by atoms with E-state index in [0.717, 1.165) is 23.7 Å². The van der Waals surface area contributed by atoms with Crippen molar-refractivity contribution >= 4 is 34.2 Å². The summed E-state index contributed by atoms with van der Waals surface area (Å²) < 4.78 is 0. The van der Waals surface area contributed by atoms with Gasteiger partial charge in [-0.1, -0.05) is 11.6 Å². The molecule has 1 aromatic carbocycles. The zero-order valence-corrected chi connectivity index (χ0v) is 10.4. The summed E-state index contributed by atoms with van der Waals surface area (Å²) in [5.41, 5.74) is 6.63. The lowest BCUT2D eigenvalue weighted by Gasteiger charge is -2.09. The monoisotopic (exact) mass is 264 g/mol. The number of rotatable bonds is 3. The Balaban J connectivity index is 1.84. The van der Waals surface area contributed by atoms with Crippen LogP contribution >= 0.6 is 11.6 Å². The lowest BCUT2D eigenvalue weighted by molar-refractivity contribution is -0.117. The molecule has 18 heavy (non-hydrogen) atoms. The van der Waals surface area contributed by atoms with E-state index in [1.54, 1.807) is 12.1 Å². The van der Waals surface area contributed by atoms with Crippen molar-refractivity contribution in [3.63, 3.8) is 0 Å². The predicted molar refractivity (Wildman–Crippen MR) is 70.4 cm³/mol. The van der Waals surface area contributed by atoms with Crippen molar-refractivity contribution in [2.75, 3.05) is 5.32 Å². The quantitative estimate of drug-likeness (QED) is 0.792. The van der Waals surface area contributed by atoms with Gasteiger partial charge in [0.15, 0.2) is 5.82 Å². The number of aromatic amines is 1. The second-order valence-corrected chi connectivity index (χ2v) is 5.05. The average Bonchev–Trinajstić information content (AvgIpc) is 3.12. The maximum Gasteiger partial charge on any atom is 0.242 e. The van der Waals surface area contributed by atoms with Crippen LogP contribution in [0.25, 0.3) is 10.9 Å². The number of fused-ring (bicyclic) bond motifs is 1. The number of nitrogens with one attached hydrogen (secondary N) is 2. The predicted octanol–water partition coefficient (Wildman–Crippen LogP) is 1.89. The number of anilines is 1. The van der Waals surface area contributed by atoms with E-state index in [2.05, 4.69) is 15.5 Å². The Labute approximate surface area is 109 Å². The molecule has 0 aliphatic heterocycles. The third-order valence-corrected chi connectivity index (χ3v) is 3.43. The number of hydrogen-bond acceptors (Lipinski definition) is 3. The van der Waals surface area contributed by atoms with E-state index in [4.69, 9.17) is 17.3 Å². The smallest absolute Gasteiger partial charge is 0.242 e. The highest BCUT2D eigenvalue weighted by Gasteiger charge is 2.33. The first-order valence-electron chi connectivity index (χ1n) is 5.85. The molecule has 1 saturated carbocycles. The normalized spacial score (nSPS) is 16.8.